The highest BCUT2D eigenvalue weighted by Gasteiger charge is 2.23. The van der Waals surface area contributed by atoms with Crippen molar-refractivity contribution in [1.29, 1.82) is 0 Å². The highest BCUT2D eigenvalue weighted by Crippen LogP contribution is 2.21. The lowest BCUT2D eigenvalue weighted by Gasteiger charge is -2.24. The molecule has 1 aliphatic heterocycles. The van der Waals surface area contributed by atoms with Crippen LogP contribution in [0.2, 0.25) is 0 Å². The molecule has 0 aromatic carbocycles. The lowest BCUT2D eigenvalue weighted by atomic mass is 9.93. The van der Waals surface area contributed by atoms with E-state index in [0.717, 1.165) is 39.0 Å². The molecule has 0 amide bonds. The van der Waals surface area contributed by atoms with E-state index in [1.165, 1.54) is 12.8 Å². The first-order chi connectivity index (χ1) is 6.84. The summed E-state index contributed by atoms with van der Waals surface area (Å²) in [5.74, 6) is 0.680. The molecule has 1 saturated heterocycles. The van der Waals surface area contributed by atoms with Gasteiger partial charge >= 0.3 is 0 Å². The van der Waals surface area contributed by atoms with E-state index in [1.54, 1.807) is 0 Å². The largest absolute Gasteiger partial charge is 0.392 e. The third-order valence-corrected chi connectivity index (χ3v) is 3.17. The summed E-state index contributed by atoms with van der Waals surface area (Å²) in [7, 11) is 0. The smallest absolute Gasteiger partial charge is 0.0667 e. The van der Waals surface area contributed by atoms with Crippen LogP contribution in [0.15, 0.2) is 0 Å². The number of hydrogen-bond donors (Lipinski definition) is 2. The summed E-state index contributed by atoms with van der Waals surface area (Å²) in [4.78, 5) is 0. The van der Waals surface area contributed by atoms with Gasteiger partial charge in [0.25, 0.3) is 0 Å². The minimum atomic E-state index is -0.154. The van der Waals surface area contributed by atoms with Crippen LogP contribution in [0.5, 0.6) is 0 Å². The molecule has 2 rings (SSSR count). The van der Waals surface area contributed by atoms with Crippen molar-refractivity contribution in [2.24, 2.45) is 5.92 Å². The number of nitrogens with one attached hydrogen (secondary N) is 1. The normalized spacial score (nSPS) is 26.4. The number of ether oxygens (including phenoxy) is 1. The zero-order valence-corrected chi connectivity index (χ0v) is 8.74. The minimum Gasteiger partial charge on any atom is -0.392 e. The average Bonchev–Trinajstić information content (AvgIpc) is 3.00. The number of rotatable bonds is 5. The summed E-state index contributed by atoms with van der Waals surface area (Å²) < 4.78 is 5.29. The van der Waals surface area contributed by atoms with Crippen LogP contribution < -0.4 is 5.32 Å². The van der Waals surface area contributed by atoms with Gasteiger partial charge in [-0.05, 0) is 38.0 Å². The second kappa shape index (κ2) is 5.10. The van der Waals surface area contributed by atoms with Crippen LogP contribution in [-0.4, -0.2) is 37.0 Å². The molecule has 82 valence electrons. The van der Waals surface area contributed by atoms with Gasteiger partial charge in [-0.15, -0.1) is 0 Å². The van der Waals surface area contributed by atoms with Crippen LogP contribution in [0, 0.1) is 5.92 Å². The quantitative estimate of drug-likeness (QED) is 0.691. The maximum absolute atomic E-state index is 9.77. The molecule has 1 atom stereocenters. The average molecular weight is 199 g/mol. The highest BCUT2D eigenvalue weighted by atomic mass is 16.5. The summed E-state index contributed by atoms with van der Waals surface area (Å²) in [5.41, 5.74) is 0. The third kappa shape index (κ3) is 3.56. The van der Waals surface area contributed by atoms with Gasteiger partial charge in [0.05, 0.1) is 6.10 Å². The zero-order chi connectivity index (χ0) is 9.80. The van der Waals surface area contributed by atoms with Crippen LogP contribution in [0.25, 0.3) is 0 Å². The molecule has 2 N–H and O–H groups in total. The SMILES string of the molecule is OC(CNC1CC1)CC1CCOCC1. The number of hydrogen-bond acceptors (Lipinski definition) is 3. The van der Waals surface area contributed by atoms with E-state index in [4.69, 9.17) is 4.74 Å². The number of aliphatic hydroxyl groups excluding tert-OH is 1. The van der Waals surface area contributed by atoms with Crippen molar-refractivity contribution in [3.63, 3.8) is 0 Å². The van der Waals surface area contributed by atoms with Gasteiger partial charge in [-0.2, -0.15) is 0 Å². The van der Waals surface area contributed by atoms with Gasteiger partial charge in [0.15, 0.2) is 0 Å². The highest BCUT2D eigenvalue weighted by molar-refractivity contribution is 4.82. The first kappa shape index (κ1) is 10.4. The molecule has 1 heterocycles. The van der Waals surface area contributed by atoms with Crippen LogP contribution in [-0.2, 0) is 4.74 Å². The Labute approximate surface area is 85.8 Å². The molecular formula is C11H21NO2. The first-order valence-electron chi connectivity index (χ1n) is 5.84. The van der Waals surface area contributed by atoms with Crippen LogP contribution >= 0.6 is 0 Å². The molecule has 1 aliphatic carbocycles. The molecule has 3 nitrogen and oxygen atoms in total. The molecule has 2 aliphatic rings. The van der Waals surface area contributed by atoms with E-state index in [0.29, 0.717) is 12.0 Å². The first-order valence-corrected chi connectivity index (χ1v) is 5.84. The van der Waals surface area contributed by atoms with Gasteiger partial charge in [0, 0.05) is 25.8 Å². The molecule has 0 radical (unpaired) electrons. The third-order valence-electron chi connectivity index (χ3n) is 3.17. The maximum Gasteiger partial charge on any atom is 0.0667 e. The fourth-order valence-corrected chi connectivity index (χ4v) is 2.04. The maximum atomic E-state index is 9.77. The van der Waals surface area contributed by atoms with Crippen molar-refractivity contribution < 1.29 is 9.84 Å². The summed E-state index contributed by atoms with van der Waals surface area (Å²) in [6.45, 7) is 2.54. The van der Waals surface area contributed by atoms with Gasteiger partial charge in [-0.25, -0.2) is 0 Å². The molecule has 0 aromatic heterocycles. The fourth-order valence-electron chi connectivity index (χ4n) is 2.04. The lowest BCUT2D eigenvalue weighted by molar-refractivity contribution is 0.0437. The molecule has 0 spiro atoms. The Balaban J connectivity index is 1.57. The van der Waals surface area contributed by atoms with Crippen LogP contribution in [0.3, 0.4) is 0 Å². The summed E-state index contributed by atoms with van der Waals surface area (Å²) in [5, 5.41) is 13.1. The molecule has 3 heteroatoms. The summed E-state index contributed by atoms with van der Waals surface area (Å²) in [6.07, 6.45) is 5.64. The molecule has 1 unspecified atom stereocenters. The van der Waals surface area contributed by atoms with Crippen molar-refractivity contribution in [2.45, 2.75) is 44.2 Å². The Hall–Kier alpha value is -0.120. The van der Waals surface area contributed by atoms with E-state index in [2.05, 4.69) is 5.32 Å². The van der Waals surface area contributed by atoms with Gasteiger partial charge in [0.2, 0.25) is 0 Å². The van der Waals surface area contributed by atoms with Crippen LogP contribution in [0.4, 0.5) is 0 Å². The van der Waals surface area contributed by atoms with Crippen molar-refractivity contribution in [3.8, 4) is 0 Å². The molecule has 14 heavy (non-hydrogen) atoms. The predicted molar refractivity (Wildman–Crippen MR) is 55.2 cm³/mol. The van der Waals surface area contributed by atoms with E-state index in [-0.39, 0.29) is 6.10 Å². The van der Waals surface area contributed by atoms with E-state index in [9.17, 15) is 5.11 Å². The molecule has 1 saturated carbocycles. The minimum absolute atomic E-state index is 0.154. The van der Waals surface area contributed by atoms with Gasteiger partial charge < -0.3 is 15.2 Å². The van der Waals surface area contributed by atoms with Crippen molar-refractivity contribution in [3.05, 3.63) is 0 Å². The summed E-state index contributed by atoms with van der Waals surface area (Å²) >= 11 is 0. The number of aliphatic hydroxyl groups is 1. The van der Waals surface area contributed by atoms with Gasteiger partial charge in [-0.1, -0.05) is 0 Å². The molecule has 0 aromatic rings. The van der Waals surface area contributed by atoms with Crippen molar-refractivity contribution in [1.82, 2.24) is 5.32 Å². The molecular weight excluding hydrogens is 178 g/mol. The fraction of sp³-hybridized carbons (Fsp3) is 1.00. The Kier molecular flexibility index (Phi) is 3.79. The van der Waals surface area contributed by atoms with Crippen molar-refractivity contribution in [2.75, 3.05) is 19.8 Å². The molecule has 0 bridgehead atoms. The topological polar surface area (TPSA) is 41.5 Å². The van der Waals surface area contributed by atoms with Gasteiger partial charge in [-0.3, -0.25) is 0 Å². The Morgan fingerprint density at radius 2 is 1.93 bits per heavy atom. The van der Waals surface area contributed by atoms with E-state index >= 15 is 0 Å². The lowest BCUT2D eigenvalue weighted by Crippen LogP contribution is -2.31. The Bertz CT molecular complexity index is 165. The Morgan fingerprint density at radius 3 is 2.57 bits per heavy atom. The monoisotopic (exact) mass is 199 g/mol. The summed E-state index contributed by atoms with van der Waals surface area (Å²) in [6, 6.07) is 0.708. The standard InChI is InChI=1S/C11H21NO2/c13-11(8-12-10-1-2-10)7-9-3-5-14-6-4-9/h9-13H,1-8H2. The zero-order valence-electron chi connectivity index (χ0n) is 8.74. The van der Waals surface area contributed by atoms with E-state index in [1.807, 2.05) is 0 Å². The Morgan fingerprint density at radius 1 is 1.21 bits per heavy atom. The van der Waals surface area contributed by atoms with Gasteiger partial charge in [0.1, 0.15) is 0 Å². The van der Waals surface area contributed by atoms with E-state index < -0.39 is 0 Å². The second-order valence-corrected chi connectivity index (χ2v) is 4.63. The predicted octanol–water partition coefficient (Wildman–Crippen LogP) is 0.916. The molecule has 2 fully saturated rings. The van der Waals surface area contributed by atoms with Crippen LogP contribution in [0.1, 0.15) is 32.1 Å². The van der Waals surface area contributed by atoms with Crippen molar-refractivity contribution >= 4 is 0 Å². The second-order valence-electron chi connectivity index (χ2n) is 4.63.